The van der Waals surface area contributed by atoms with Gasteiger partial charge in [-0.25, -0.2) is 4.98 Å². The quantitative estimate of drug-likeness (QED) is 0.738. The molecule has 106 valence electrons. The number of rotatable bonds is 3. The van der Waals surface area contributed by atoms with Gasteiger partial charge in [0.05, 0.1) is 15.7 Å². The minimum atomic E-state index is 0.597. The summed E-state index contributed by atoms with van der Waals surface area (Å²) in [5.41, 5.74) is 7.17. The number of anilines is 1. The van der Waals surface area contributed by atoms with Crippen molar-refractivity contribution in [1.29, 1.82) is 0 Å². The fourth-order valence-electron chi connectivity index (χ4n) is 3.22. The summed E-state index contributed by atoms with van der Waals surface area (Å²) in [4.78, 5) is 4.33. The molecule has 0 atom stereocenters. The Bertz CT molecular complexity index is 771. The first kappa shape index (κ1) is 12.8. The normalized spacial score (nSPS) is 21.2. The van der Waals surface area contributed by atoms with Gasteiger partial charge >= 0.3 is 0 Å². The van der Waals surface area contributed by atoms with Gasteiger partial charge in [0.2, 0.25) is 0 Å². The number of aromatic nitrogens is 1. The fraction of sp³-hybridized carbons (Fsp3) is 0.278. The van der Waals surface area contributed by atoms with Gasteiger partial charge in [0.1, 0.15) is 0 Å². The third kappa shape index (κ3) is 2.42. The van der Waals surface area contributed by atoms with Crippen LogP contribution in [0.2, 0.25) is 0 Å². The van der Waals surface area contributed by atoms with E-state index in [4.69, 9.17) is 0 Å². The molecule has 3 heteroatoms. The van der Waals surface area contributed by atoms with Gasteiger partial charge in [0.25, 0.3) is 0 Å². The van der Waals surface area contributed by atoms with E-state index in [0.717, 1.165) is 11.4 Å². The maximum Gasteiger partial charge on any atom is 0.0813 e. The second-order valence-electron chi connectivity index (χ2n) is 5.90. The molecule has 2 aromatic carbocycles. The van der Waals surface area contributed by atoms with Crippen molar-refractivity contribution in [2.24, 2.45) is 0 Å². The van der Waals surface area contributed by atoms with Crippen molar-refractivity contribution in [2.75, 3.05) is 5.32 Å². The van der Waals surface area contributed by atoms with Crippen molar-refractivity contribution < 1.29 is 0 Å². The molecular formula is C18H18N2S. The summed E-state index contributed by atoms with van der Waals surface area (Å²) in [6.07, 6.45) is 2.46. The Balaban J connectivity index is 1.43. The SMILES string of the molecule is Cc1ccccc1C1CC(Nc2ccc3ncsc3c2)C1. The van der Waals surface area contributed by atoms with Crippen molar-refractivity contribution in [2.45, 2.75) is 31.7 Å². The van der Waals surface area contributed by atoms with E-state index in [0.29, 0.717) is 6.04 Å². The van der Waals surface area contributed by atoms with E-state index in [1.807, 2.05) is 5.51 Å². The lowest BCUT2D eigenvalue weighted by atomic mass is 9.74. The molecule has 0 bridgehead atoms. The highest BCUT2D eigenvalue weighted by molar-refractivity contribution is 7.16. The number of fused-ring (bicyclic) bond motifs is 1. The zero-order chi connectivity index (χ0) is 14.2. The molecular weight excluding hydrogens is 276 g/mol. The highest BCUT2D eigenvalue weighted by atomic mass is 32.1. The molecule has 0 aliphatic heterocycles. The van der Waals surface area contributed by atoms with Crippen molar-refractivity contribution in [3.05, 3.63) is 59.1 Å². The van der Waals surface area contributed by atoms with Crippen LogP contribution < -0.4 is 5.32 Å². The molecule has 1 aliphatic rings. The molecule has 0 spiro atoms. The first-order chi connectivity index (χ1) is 10.3. The summed E-state index contributed by atoms with van der Waals surface area (Å²) in [5, 5.41) is 3.66. The number of nitrogens with zero attached hydrogens (tertiary/aromatic N) is 1. The fourth-order valence-corrected chi connectivity index (χ4v) is 3.93. The number of nitrogens with one attached hydrogen (secondary N) is 1. The summed E-state index contributed by atoms with van der Waals surface area (Å²) in [5.74, 6) is 0.718. The molecule has 1 N–H and O–H groups in total. The average Bonchev–Trinajstić information content (AvgIpc) is 2.91. The maximum absolute atomic E-state index is 4.33. The molecule has 1 heterocycles. The predicted molar refractivity (Wildman–Crippen MR) is 90.2 cm³/mol. The monoisotopic (exact) mass is 294 g/mol. The molecule has 0 unspecified atom stereocenters. The van der Waals surface area contributed by atoms with Crippen molar-refractivity contribution >= 4 is 27.2 Å². The number of aryl methyl sites for hydroxylation is 1. The number of benzene rings is 2. The van der Waals surface area contributed by atoms with Gasteiger partial charge in [-0.1, -0.05) is 24.3 Å². The second kappa shape index (κ2) is 5.15. The molecule has 4 rings (SSSR count). The Hall–Kier alpha value is -1.87. The Labute approximate surface area is 128 Å². The summed E-state index contributed by atoms with van der Waals surface area (Å²) in [6.45, 7) is 2.22. The zero-order valence-corrected chi connectivity index (χ0v) is 12.9. The third-order valence-electron chi connectivity index (χ3n) is 4.47. The van der Waals surface area contributed by atoms with E-state index in [9.17, 15) is 0 Å². The molecule has 0 saturated heterocycles. The first-order valence-corrected chi connectivity index (χ1v) is 8.33. The molecule has 0 amide bonds. The van der Waals surface area contributed by atoms with E-state index in [2.05, 4.69) is 59.7 Å². The lowest BCUT2D eigenvalue weighted by Gasteiger charge is -2.37. The van der Waals surface area contributed by atoms with Gasteiger partial charge < -0.3 is 5.32 Å². The van der Waals surface area contributed by atoms with Crippen LogP contribution in [-0.2, 0) is 0 Å². The van der Waals surface area contributed by atoms with Crippen LogP contribution in [0.3, 0.4) is 0 Å². The van der Waals surface area contributed by atoms with E-state index in [-0.39, 0.29) is 0 Å². The Morgan fingerprint density at radius 3 is 2.86 bits per heavy atom. The van der Waals surface area contributed by atoms with Crippen LogP contribution in [0.1, 0.15) is 29.9 Å². The van der Waals surface area contributed by atoms with Crippen LogP contribution in [0, 0.1) is 6.92 Å². The topological polar surface area (TPSA) is 24.9 Å². The largest absolute Gasteiger partial charge is 0.382 e. The Morgan fingerprint density at radius 2 is 2.00 bits per heavy atom. The highest BCUT2D eigenvalue weighted by Gasteiger charge is 2.30. The van der Waals surface area contributed by atoms with E-state index < -0.39 is 0 Å². The molecule has 1 saturated carbocycles. The molecule has 2 nitrogen and oxygen atoms in total. The van der Waals surface area contributed by atoms with E-state index >= 15 is 0 Å². The van der Waals surface area contributed by atoms with E-state index in [1.54, 1.807) is 11.3 Å². The molecule has 0 radical (unpaired) electrons. The van der Waals surface area contributed by atoms with Crippen LogP contribution in [-0.4, -0.2) is 11.0 Å². The van der Waals surface area contributed by atoms with Gasteiger partial charge in [-0.15, -0.1) is 11.3 Å². The zero-order valence-electron chi connectivity index (χ0n) is 12.0. The smallest absolute Gasteiger partial charge is 0.0813 e. The third-order valence-corrected chi connectivity index (χ3v) is 5.26. The van der Waals surface area contributed by atoms with Crippen LogP contribution in [0.5, 0.6) is 0 Å². The predicted octanol–water partition coefficient (Wildman–Crippen LogP) is 4.96. The maximum atomic E-state index is 4.33. The van der Waals surface area contributed by atoms with Crippen LogP contribution in [0.25, 0.3) is 10.2 Å². The van der Waals surface area contributed by atoms with Crippen molar-refractivity contribution in [3.63, 3.8) is 0 Å². The minimum absolute atomic E-state index is 0.597. The van der Waals surface area contributed by atoms with Gasteiger partial charge in [0.15, 0.2) is 0 Å². The average molecular weight is 294 g/mol. The molecule has 3 aromatic rings. The van der Waals surface area contributed by atoms with Gasteiger partial charge in [-0.05, 0) is 55.0 Å². The number of thiazole rings is 1. The molecule has 1 aromatic heterocycles. The van der Waals surface area contributed by atoms with Crippen LogP contribution in [0.15, 0.2) is 48.0 Å². The highest BCUT2D eigenvalue weighted by Crippen LogP contribution is 2.40. The number of hydrogen-bond acceptors (Lipinski definition) is 3. The van der Waals surface area contributed by atoms with Crippen molar-refractivity contribution in [1.82, 2.24) is 4.98 Å². The lowest BCUT2D eigenvalue weighted by Crippen LogP contribution is -2.34. The van der Waals surface area contributed by atoms with Gasteiger partial charge in [-0.2, -0.15) is 0 Å². The second-order valence-corrected chi connectivity index (χ2v) is 6.79. The summed E-state index contributed by atoms with van der Waals surface area (Å²) in [6, 6.07) is 15.8. The van der Waals surface area contributed by atoms with Crippen molar-refractivity contribution in [3.8, 4) is 0 Å². The standard InChI is InChI=1S/C18H18N2S/c1-12-4-2-3-5-16(12)13-8-15(9-13)20-14-6-7-17-18(10-14)21-11-19-17/h2-7,10-11,13,15,20H,8-9H2,1H3. The van der Waals surface area contributed by atoms with Crippen LogP contribution >= 0.6 is 11.3 Å². The van der Waals surface area contributed by atoms with Crippen LogP contribution in [0.4, 0.5) is 5.69 Å². The summed E-state index contributed by atoms with van der Waals surface area (Å²) < 4.78 is 1.26. The Morgan fingerprint density at radius 1 is 1.14 bits per heavy atom. The summed E-state index contributed by atoms with van der Waals surface area (Å²) in [7, 11) is 0. The molecule has 1 fully saturated rings. The first-order valence-electron chi connectivity index (χ1n) is 7.45. The Kier molecular flexibility index (Phi) is 3.15. The van der Waals surface area contributed by atoms with Gasteiger partial charge in [0, 0.05) is 11.7 Å². The molecule has 1 aliphatic carbocycles. The summed E-state index contributed by atoms with van der Waals surface area (Å²) >= 11 is 1.70. The number of hydrogen-bond donors (Lipinski definition) is 1. The lowest BCUT2D eigenvalue weighted by molar-refractivity contribution is 0.373. The molecule has 21 heavy (non-hydrogen) atoms. The van der Waals surface area contributed by atoms with E-state index in [1.165, 1.54) is 34.4 Å². The minimum Gasteiger partial charge on any atom is -0.382 e. The van der Waals surface area contributed by atoms with Gasteiger partial charge in [-0.3, -0.25) is 0 Å².